The lowest BCUT2D eigenvalue weighted by molar-refractivity contribution is 0.219. The van der Waals surface area contributed by atoms with E-state index in [1.807, 2.05) is 50.2 Å². The van der Waals surface area contributed by atoms with Crippen LogP contribution >= 0.6 is 31.9 Å². The van der Waals surface area contributed by atoms with Crippen LogP contribution in [-0.2, 0) is 0 Å². The topological polar surface area (TPSA) is 29.5 Å². The number of hydrogen-bond donors (Lipinski definition) is 1. The number of rotatable bonds is 4. The minimum absolute atomic E-state index is 0.616. The SMILES string of the molecule is CCOc1ccc(C(O)c2cccc(Br)c2C)cc1Br. The van der Waals surface area contributed by atoms with Gasteiger partial charge in [-0.2, -0.15) is 0 Å². The van der Waals surface area contributed by atoms with Crippen LogP contribution in [0.2, 0.25) is 0 Å². The third kappa shape index (κ3) is 3.25. The van der Waals surface area contributed by atoms with Crippen molar-refractivity contribution in [2.24, 2.45) is 0 Å². The summed E-state index contributed by atoms with van der Waals surface area (Å²) in [5, 5.41) is 10.6. The van der Waals surface area contributed by atoms with Gasteiger partial charge in [-0.3, -0.25) is 0 Å². The molecular formula is C16H16Br2O2. The zero-order chi connectivity index (χ0) is 14.7. The molecule has 0 aliphatic heterocycles. The summed E-state index contributed by atoms with van der Waals surface area (Å²) in [4.78, 5) is 0. The zero-order valence-electron chi connectivity index (χ0n) is 11.4. The van der Waals surface area contributed by atoms with E-state index in [9.17, 15) is 5.11 Å². The predicted octanol–water partition coefficient (Wildman–Crippen LogP) is 5.00. The number of halogens is 2. The lowest BCUT2D eigenvalue weighted by Crippen LogP contribution is -2.03. The van der Waals surface area contributed by atoms with Crippen molar-refractivity contribution in [3.8, 4) is 5.75 Å². The van der Waals surface area contributed by atoms with Gasteiger partial charge in [-0.05, 0) is 64.7 Å². The first kappa shape index (κ1) is 15.5. The molecule has 1 N–H and O–H groups in total. The maximum atomic E-state index is 10.6. The van der Waals surface area contributed by atoms with Gasteiger partial charge >= 0.3 is 0 Å². The van der Waals surface area contributed by atoms with Crippen molar-refractivity contribution in [1.29, 1.82) is 0 Å². The van der Waals surface area contributed by atoms with Crippen molar-refractivity contribution in [1.82, 2.24) is 0 Å². The Balaban J connectivity index is 2.36. The summed E-state index contributed by atoms with van der Waals surface area (Å²) in [7, 11) is 0. The first-order valence-electron chi connectivity index (χ1n) is 6.40. The van der Waals surface area contributed by atoms with Gasteiger partial charge in [-0.15, -0.1) is 0 Å². The normalized spacial score (nSPS) is 12.2. The van der Waals surface area contributed by atoms with Gasteiger partial charge in [0.1, 0.15) is 11.9 Å². The molecule has 2 rings (SSSR count). The second-order valence-corrected chi connectivity index (χ2v) is 6.19. The van der Waals surface area contributed by atoms with E-state index >= 15 is 0 Å². The smallest absolute Gasteiger partial charge is 0.133 e. The summed E-state index contributed by atoms with van der Waals surface area (Å²) >= 11 is 6.97. The summed E-state index contributed by atoms with van der Waals surface area (Å²) < 4.78 is 7.33. The average molecular weight is 400 g/mol. The average Bonchev–Trinajstić information content (AvgIpc) is 2.43. The molecule has 106 valence electrons. The highest BCUT2D eigenvalue weighted by molar-refractivity contribution is 9.10. The highest BCUT2D eigenvalue weighted by Crippen LogP contribution is 2.33. The molecule has 0 fully saturated rings. The number of aliphatic hydroxyl groups excluding tert-OH is 1. The molecule has 0 radical (unpaired) electrons. The fraction of sp³-hybridized carbons (Fsp3) is 0.250. The third-order valence-electron chi connectivity index (χ3n) is 3.18. The molecule has 4 heteroatoms. The second kappa shape index (κ2) is 6.74. The van der Waals surface area contributed by atoms with Crippen molar-refractivity contribution in [2.45, 2.75) is 20.0 Å². The Bertz CT molecular complexity index is 611. The van der Waals surface area contributed by atoms with Gasteiger partial charge in [0.05, 0.1) is 11.1 Å². The van der Waals surface area contributed by atoms with Crippen LogP contribution in [0.25, 0.3) is 0 Å². The third-order valence-corrected chi connectivity index (χ3v) is 4.65. The first-order valence-corrected chi connectivity index (χ1v) is 7.98. The molecular weight excluding hydrogens is 384 g/mol. The predicted molar refractivity (Wildman–Crippen MR) is 88.3 cm³/mol. The maximum Gasteiger partial charge on any atom is 0.133 e. The summed E-state index contributed by atoms with van der Waals surface area (Å²) in [6.07, 6.45) is -0.653. The van der Waals surface area contributed by atoms with Crippen LogP contribution in [0.4, 0.5) is 0 Å². The molecule has 0 amide bonds. The fourth-order valence-electron chi connectivity index (χ4n) is 2.06. The van der Waals surface area contributed by atoms with Gasteiger partial charge in [0.2, 0.25) is 0 Å². The first-order chi connectivity index (χ1) is 9.54. The van der Waals surface area contributed by atoms with Crippen LogP contribution in [0, 0.1) is 6.92 Å². The van der Waals surface area contributed by atoms with Crippen molar-refractivity contribution >= 4 is 31.9 Å². The standard InChI is InChI=1S/C16H16Br2O2/c1-3-20-15-8-7-11(9-14(15)18)16(19)12-5-4-6-13(17)10(12)2/h4-9,16,19H,3H2,1-2H3. The summed E-state index contributed by atoms with van der Waals surface area (Å²) in [5.74, 6) is 0.786. The highest BCUT2D eigenvalue weighted by atomic mass is 79.9. The van der Waals surface area contributed by atoms with Crippen LogP contribution < -0.4 is 4.74 Å². The van der Waals surface area contributed by atoms with Crippen LogP contribution in [-0.4, -0.2) is 11.7 Å². The van der Waals surface area contributed by atoms with Crippen molar-refractivity contribution in [3.63, 3.8) is 0 Å². The molecule has 0 spiro atoms. The van der Waals surface area contributed by atoms with E-state index in [1.165, 1.54) is 0 Å². The number of ether oxygens (including phenoxy) is 1. The van der Waals surface area contributed by atoms with Crippen molar-refractivity contribution < 1.29 is 9.84 Å². The van der Waals surface area contributed by atoms with Gasteiger partial charge in [-0.1, -0.05) is 34.1 Å². The highest BCUT2D eigenvalue weighted by Gasteiger charge is 2.15. The molecule has 0 heterocycles. The van der Waals surface area contributed by atoms with E-state index in [4.69, 9.17) is 4.74 Å². The van der Waals surface area contributed by atoms with Crippen molar-refractivity contribution in [2.75, 3.05) is 6.61 Å². The van der Waals surface area contributed by atoms with E-state index < -0.39 is 6.10 Å². The Hall–Kier alpha value is -0.840. The van der Waals surface area contributed by atoms with Crippen LogP contribution in [0.3, 0.4) is 0 Å². The molecule has 2 aromatic rings. The number of hydrogen-bond acceptors (Lipinski definition) is 2. The Morgan fingerprint density at radius 2 is 1.90 bits per heavy atom. The number of benzene rings is 2. The van der Waals surface area contributed by atoms with Gasteiger partial charge in [0, 0.05) is 4.47 Å². The lowest BCUT2D eigenvalue weighted by atomic mass is 9.97. The van der Waals surface area contributed by atoms with E-state index in [2.05, 4.69) is 31.9 Å². The molecule has 0 saturated carbocycles. The van der Waals surface area contributed by atoms with E-state index in [0.29, 0.717) is 6.61 Å². The minimum Gasteiger partial charge on any atom is -0.493 e. The molecule has 0 aliphatic carbocycles. The molecule has 20 heavy (non-hydrogen) atoms. The van der Waals surface area contributed by atoms with E-state index in [0.717, 1.165) is 31.4 Å². The molecule has 2 aromatic carbocycles. The molecule has 0 saturated heterocycles. The van der Waals surface area contributed by atoms with Gasteiger partial charge in [0.15, 0.2) is 0 Å². The Kier molecular flexibility index (Phi) is 5.24. The largest absolute Gasteiger partial charge is 0.493 e. The number of aliphatic hydroxyl groups is 1. The van der Waals surface area contributed by atoms with Crippen molar-refractivity contribution in [3.05, 3.63) is 62.0 Å². The van der Waals surface area contributed by atoms with E-state index in [1.54, 1.807) is 0 Å². The van der Waals surface area contributed by atoms with Gasteiger partial charge < -0.3 is 9.84 Å². The monoisotopic (exact) mass is 398 g/mol. The molecule has 0 aromatic heterocycles. The fourth-order valence-corrected chi connectivity index (χ4v) is 2.95. The Labute approximate surface area is 136 Å². The molecule has 1 atom stereocenters. The summed E-state index contributed by atoms with van der Waals surface area (Å²) in [6.45, 7) is 4.55. The molecule has 0 aliphatic rings. The molecule has 1 unspecified atom stereocenters. The molecule has 0 bridgehead atoms. The summed E-state index contributed by atoms with van der Waals surface area (Å²) in [5.41, 5.74) is 2.78. The van der Waals surface area contributed by atoms with Crippen LogP contribution in [0.1, 0.15) is 29.7 Å². The van der Waals surface area contributed by atoms with Crippen LogP contribution in [0.5, 0.6) is 5.75 Å². The van der Waals surface area contributed by atoms with Crippen LogP contribution in [0.15, 0.2) is 45.3 Å². The second-order valence-electron chi connectivity index (χ2n) is 4.48. The lowest BCUT2D eigenvalue weighted by Gasteiger charge is -2.16. The zero-order valence-corrected chi connectivity index (χ0v) is 14.5. The summed E-state index contributed by atoms with van der Waals surface area (Å²) in [6, 6.07) is 11.5. The van der Waals surface area contributed by atoms with E-state index in [-0.39, 0.29) is 0 Å². The Morgan fingerprint density at radius 3 is 2.55 bits per heavy atom. The molecule has 2 nitrogen and oxygen atoms in total. The van der Waals surface area contributed by atoms with Gasteiger partial charge in [0.25, 0.3) is 0 Å². The van der Waals surface area contributed by atoms with Gasteiger partial charge in [-0.25, -0.2) is 0 Å². The maximum absolute atomic E-state index is 10.6. The minimum atomic E-state index is -0.653. The quantitative estimate of drug-likeness (QED) is 0.783. The Morgan fingerprint density at radius 1 is 1.15 bits per heavy atom.